The van der Waals surface area contributed by atoms with Crippen molar-refractivity contribution in [2.75, 3.05) is 0 Å². The van der Waals surface area contributed by atoms with E-state index in [1.165, 1.54) is 36.4 Å². The topological polar surface area (TPSA) is 74.6 Å². The van der Waals surface area contributed by atoms with Gasteiger partial charge < -0.3 is 10.2 Å². The molecule has 4 nitrogen and oxygen atoms in total. The molecule has 0 aromatic heterocycles. The minimum atomic E-state index is -4.90. The van der Waals surface area contributed by atoms with Gasteiger partial charge in [0.15, 0.2) is 0 Å². The average Bonchev–Trinajstić information content (AvgIpc) is 2.71. The summed E-state index contributed by atoms with van der Waals surface area (Å²) in [6.45, 7) is 0. The average molecular weight is 454 g/mol. The molecule has 0 aliphatic rings. The standard InChI is InChI=1S/C22H12F6O4/c23-21(24,25)17-9-13(5-7-15(17)19(29)30)11-1-2-12(4-3-11)14-6-8-16(20(31)32)18(10-14)22(26,27)28/h1-10H,(H,29,30)(H,31,32). The molecule has 0 fully saturated rings. The number of rotatable bonds is 4. The van der Waals surface area contributed by atoms with E-state index in [0.717, 1.165) is 12.1 Å². The van der Waals surface area contributed by atoms with Gasteiger partial charge in [0, 0.05) is 0 Å². The van der Waals surface area contributed by atoms with Crippen LogP contribution in [0.1, 0.15) is 31.8 Å². The van der Waals surface area contributed by atoms with Crippen LogP contribution in [0.3, 0.4) is 0 Å². The lowest BCUT2D eigenvalue weighted by molar-refractivity contribution is -0.138. The third-order valence-corrected chi connectivity index (χ3v) is 4.66. The van der Waals surface area contributed by atoms with E-state index in [1.54, 1.807) is 0 Å². The minimum Gasteiger partial charge on any atom is -0.478 e. The fraction of sp³-hybridized carbons (Fsp3) is 0.0909. The summed E-state index contributed by atoms with van der Waals surface area (Å²) in [5.74, 6) is -3.46. The van der Waals surface area contributed by atoms with E-state index in [-0.39, 0.29) is 22.3 Å². The molecule has 0 aliphatic heterocycles. The molecular formula is C22H12F6O4. The predicted octanol–water partition coefficient (Wildman–Crippen LogP) is 6.45. The molecule has 0 radical (unpaired) electrons. The van der Waals surface area contributed by atoms with Crippen LogP contribution in [-0.2, 0) is 12.4 Å². The summed E-state index contributed by atoms with van der Waals surface area (Å²) in [6.07, 6.45) is -9.80. The Hall–Kier alpha value is -3.82. The van der Waals surface area contributed by atoms with Gasteiger partial charge in [-0.3, -0.25) is 0 Å². The van der Waals surface area contributed by atoms with Crippen molar-refractivity contribution < 1.29 is 46.1 Å². The van der Waals surface area contributed by atoms with E-state index in [4.69, 9.17) is 10.2 Å². The van der Waals surface area contributed by atoms with Gasteiger partial charge in [-0.25, -0.2) is 9.59 Å². The second-order valence-electron chi connectivity index (χ2n) is 6.70. The van der Waals surface area contributed by atoms with Crippen LogP contribution in [0.5, 0.6) is 0 Å². The van der Waals surface area contributed by atoms with Gasteiger partial charge in [0.05, 0.1) is 22.3 Å². The molecule has 3 aromatic rings. The van der Waals surface area contributed by atoms with Gasteiger partial charge in [-0.1, -0.05) is 36.4 Å². The van der Waals surface area contributed by atoms with Crippen molar-refractivity contribution in [3.8, 4) is 22.3 Å². The Labute approximate surface area is 176 Å². The van der Waals surface area contributed by atoms with Crippen molar-refractivity contribution in [2.24, 2.45) is 0 Å². The number of hydrogen-bond acceptors (Lipinski definition) is 2. The molecule has 2 N–H and O–H groups in total. The summed E-state index contributed by atoms with van der Waals surface area (Å²) >= 11 is 0. The second-order valence-corrected chi connectivity index (χ2v) is 6.70. The maximum Gasteiger partial charge on any atom is 0.417 e. The van der Waals surface area contributed by atoms with Crippen molar-refractivity contribution in [1.29, 1.82) is 0 Å². The summed E-state index contributed by atoms with van der Waals surface area (Å²) in [5.41, 5.74) is -3.80. The summed E-state index contributed by atoms with van der Waals surface area (Å²) in [5, 5.41) is 17.9. The summed E-state index contributed by atoms with van der Waals surface area (Å²) in [4.78, 5) is 22.1. The Morgan fingerprint density at radius 2 is 0.812 bits per heavy atom. The summed E-state index contributed by atoms with van der Waals surface area (Å²) < 4.78 is 79.3. The number of aromatic carboxylic acids is 2. The van der Waals surface area contributed by atoms with E-state index in [2.05, 4.69) is 0 Å². The Morgan fingerprint density at radius 1 is 0.531 bits per heavy atom. The molecule has 0 saturated heterocycles. The summed E-state index contributed by atoms with van der Waals surface area (Å²) in [7, 11) is 0. The fourth-order valence-corrected chi connectivity index (χ4v) is 3.14. The van der Waals surface area contributed by atoms with Crippen molar-refractivity contribution >= 4 is 11.9 Å². The van der Waals surface area contributed by atoms with Crippen LogP contribution < -0.4 is 0 Å². The molecule has 0 unspecified atom stereocenters. The first-order valence-electron chi connectivity index (χ1n) is 8.79. The second kappa shape index (κ2) is 8.03. The Bertz CT molecular complexity index is 1100. The number of benzene rings is 3. The van der Waals surface area contributed by atoms with Crippen molar-refractivity contribution in [1.82, 2.24) is 0 Å². The van der Waals surface area contributed by atoms with Gasteiger partial charge >= 0.3 is 24.3 Å². The maximum absolute atomic E-state index is 13.2. The van der Waals surface area contributed by atoms with Crippen LogP contribution in [0.15, 0.2) is 60.7 Å². The molecule has 10 heteroatoms. The molecule has 32 heavy (non-hydrogen) atoms. The SMILES string of the molecule is O=C(O)c1ccc(-c2ccc(-c3ccc(C(=O)O)c(C(F)(F)F)c3)cc2)cc1C(F)(F)F. The van der Waals surface area contributed by atoms with Gasteiger partial charge in [-0.2, -0.15) is 26.3 Å². The third-order valence-electron chi connectivity index (χ3n) is 4.66. The van der Waals surface area contributed by atoms with Crippen LogP contribution in [0.25, 0.3) is 22.3 Å². The number of hydrogen-bond donors (Lipinski definition) is 2. The molecule has 0 bridgehead atoms. The van der Waals surface area contributed by atoms with Crippen LogP contribution in [0.2, 0.25) is 0 Å². The molecule has 0 amide bonds. The first-order valence-corrected chi connectivity index (χ1v) is 8.79. The zero-order valence-corrected chi connectivity index (χ0v) is 15.8. The van der Waals surface area contributed by atoms with E-state index in [1.807, 2.05) is 0 Å². The van der Waals surface area contributed by atoms with Crippen LogP contribution in [0.4, 0.5) is 26.3 Å². The molecule has 0 heterocycles. The lowest BCUT2D eigenvalue weighted by atomic mass is 9.95. The lowest BCUT2D eigenvalue weighted by Gasteiger charge is -2.14. The molecule has 3 aromatic carbocycles. The first kappa shape index (κ1) is 22.9. The Kier molecular flexibility index (Phi) is 5.73. The van der Waals surface area contributed by atoms with Gasteiger partial charge in [-0.15, -0.1) is 0 Å². The number of alkyl halides is 6. The monoisotopic (exact) mass is 454 g/mol. The Balaban J connectivity index is 2.02. The minimum absolute atomic E-state index is 0.0612. The van der Waals surface area contributed by atoms with Crippen molar-refractivity contribution in [3.63, 3.8) is 0 Å². The lowest BCUT2D eigenvalue weighted by Crippen LogP contribution is -2.13. The largest absolute Gasteiger partial charge is 0.478 e. The van der Waals surface area contributed by atoms with Gasteiger partial charge in [0.2, 0.25) is 0 Å². The van der Waals surface area contributed by atoms with Crippen LogP contribution in [-0.4, -0.2) is 22.2 Å². The predicted molar refractivity (Wildman–Crippen MR) is 101 cm³/mol. The van der Waals surface area contributed by atoms with Crippen LogP contribution in [0, 0.1) is 0 Å². The number of halogens is 6. The molecule has 0 spiro atoms. The number of carboxylic acid groups (broad SMARTS) is 2. The highest BCUT2D eigenvalue weighted by Gasteiger charge is 2.36. The van der Waals surface area contributed by atoms with E-state index in [9.17, 15) is 35.9 Å². The van der Waals surface area contributed by atoms with E-state index >= 15 is 0 Å². The third kappa shape index (κ3) is 4.58. The molecule has 0 aliphatic carbocycles. The fourth-order valence-electron chi connectivity index (χ4n) is 3.14. The molecule has 0 saturated carbocycles. The highest BCUT2D eigenvalue weighted by Crippen LogP contribution is 2.37. The van der Waals surface area contributed by atoms with Gasteiger partial charge in [-0.05, 0) is 46.5 Å². The van der Waals surface area contributed by atoms with Crippen molar-refractivity contribution in [2.45, 2.75) is 12.4 Å². The zero-order chi connectivity index (χ0) is 23.8. The molecule has 0 atom stereocenters. The maximum atomic E-state index is 13.2. The molecule has 3 rings (SSSR count). The highest BCUT2D eigenvalue weighted by atomic mass is 19.4. The smallest absolute Gasteiger partial charge is 0.417 e. The van der Waals surface area contributed by atoms with Gasteiger partial charge in [0.1, 0.15) is 0 Å². The Morgan fingerprint density at radius 3 is 1.06 bits per heavy atom. The number of carboxylic acids is 2. The number of carbonyl (C=O) groups is 2. The van der Waals surface area contributed by atoms with Crippen molar-refractivity contribution in [3.05, 3.63) is 82.9 Å². The molecule has 166 valence electrons. The highest BCUT2D eigenvalue weighted by molar-refractivity contribution is 5.91. The normalized spacial score (nSPS) is 11.9. The summed E-state index contributed by atoms with van der Waals surface area (Å²) in [6, 6.07) is 10.9. The van der Waals surface area contributed by atoms with Crippen LogP contribution >= 0.6 is 0 Å². The zero-order valence-electron chi connectivity index (χ0n) is 15.8. The van der Waals surface area contributed by atoms with E-state index < -0.39 is 46.5 Å². The quantitative estimate of drug-likeness (QED) is 0.444. The molecular weight excluding hydrogens is 442 g/mol. The first-order chi connectivity index (χ1) is 14.8. The van der Waals surface area contributed by atoms with E-state index in [0.29, 0.717) is 12.1 Å². The van der Waals surface area contributed by atoms with Gasteiger partial charge in [0.25, 0.3) is 0 Å².